The van der Waals surface area contributed by atoms with Gasteiger partial charge in [0.1, 0.15) is 5.70 Å². The molecule has 3 rings (SSSR count). The number of ether oxygens (including phenoxy) is 3. The van der Waals surface area contributed by atoms with Crippen LogP contribution in [0.3, 0.4) is 0 Å². The lowest BCUT2D eigenvalue weighted by Crippen LogP contribution is -2.26. The maximum absolute atomic E-state index is 12.5. The Labute approximate surface area is 187 Å². The summed E-state index contributed by atoms with van der Waals surface area (Å²) in [6.45, 7) is -2.10. The summed E-state index contributed by atoms with van der Waals surface area (Å²) in [6, 6.07) is 13.0. The monoisotopic (exact) mass is 459 g/mol. The van der Waals surface area contributed by atoms with E-state index in [0.29, 0.717) is 11.1 Å². The van der Waals surface area contributed by atoms with Crippen LogP contribution in [0.15, 0.2) is 58.8 Å². The zero-order valence-electron chi connectivity index (χ0n) is 17.6. The summed E-state index contributed by atoms with van der Waals surface area (Å²) in [7, 11) is 1.30. The van der Waals surface area contributed by atoms with Crippen LogP contribution in [-0.4, -0.2) is 35.7 Å². The first kappa shape index (κ1) is 23.4. The Kier molecular flexibility index (Phi) is 7.68. The van der Waals surface area contributed by atoms with E-state index in [1.54, 1.807) is 24.3 Å². The minimum Gasteiger partial charge on any atom is -0.493 e. The highest BCUT2D eigenvalue weighted by atomic mass is 19.3. The highest BCUT2D eigenvalue weighted by Crippen LogP contribution is 2.32. The summed E-state index contributed by atoms with van der Waals surface area (Å²) < 4.78 is 44.6. The Balaban J connectivity index is 1.70. The van der Waals surface area contributed by atoms with E-state index in [2.05, 4.69) is 20.2 Å². The standard InChI is InChI=1S/C22H19F2N3O6/c1-13(28)25-16(10-14-6-4-3-5-7-14)21(29)31-12-19-26-20(27-33-19)15-8-9-17(32-22(23)24)18(11-15)30-2/h3-11,22H,12H2,1-2H3,(H,25,28)/b16-10-. The van der Waals surface area contributed by atoms with Crippen molar-refractivity contribution >= 4 is 18.0 Å². The highest BCUT2D eigenvalue weighted by molar-refractivity contribution is 5.97. The van der Waals surface area contributed by atoms with Gasteiger partial charge in [-0.3, -0.25) is 4.79 Å². The second-order valence-corrected chi connectivity index (χ2v) is 6.48. The van der Waals surface area contributed by atoms with Gasteiger partial charge in [-0.05, 0) is 29.8 Å². The van der Waals surface area contributed by atoms with Crippen molar-refractivity contribution in [1.29, 1.82) is 0 Å². The van der Waals surface area contributed by atoms with Crippen LogP contribution in [0, 0.1) is 0 Å². The van der Waals surface area contributed by atoms with Crippen LogP contribution in [0.2, 0.25) is 0 Å². The molecule has 0 aliphatic rings. The van der Waals surface area contributed by atoms with Crippen molar-refractivity contribution in [2.45, 2.75) is 20.1 Å². The molecule has 2 aromatic carbocycles. The quantitative estimate of drug-likeness (QED) is 0.382. The van der Waals surface area contributed by atoms with Crippen molar-refractivity contribution in [2.75, 3.05) is 7.11 Å². The fourth-order valence-corrected chi connectivity index (χ4v) is 2.69. The number of rotatable bonds is 9. The summed E-state index contributed by atoms with van der Waals surface area (Å²) >= 11 is 0. The SMILES string of the molecule is COc1cc(-c2noc(COC(=O)/C(=C/c3ccccc3)NC(C)=O)n2)ccc1OC(F)F. The average Bonchev–Trinajstić information content (AvgIpc) is 3.26. The van der Waals surface area contributed by atoms with Gasteiger partial charge in [0.15, 0.2) is 18.1 Å². The van der Waals surface area contributed by atoms with Crippen molar-refractivity contribution in [1.82, 2.24) is 15.5 Å². The van der Waals surface area contributed by atoms with Gasteiger partial charge in [0.05, 0.1) is 7.11 Å². The molecule has 0 aliphatic heterocycles. The van der Waals surface area contributed by atoms with Gasteiger partial charge < -0.3 is 24.1 Å². The fraction of sp³-hybridized carbons (Fsp3) is 0.182. The zero-order valence-corrected chi connectivity index (χ0v) is 17.6. The number of nitrogens with one attached hydrogen (secondary N) is 1. The van der Waals surface area contributed by atoms with Crippen molar-refractivity contribution in [3.8, 4) is 22.9 Å². The number of carbonyl (C=O) groups is 2. The first-order valence-corrected chi connectivity index (χ1v) is 9.53. The fourth-order valence-electron chi connectivity index (χ4n) is 2.69. The number of aromatic nitrogens is 2. The Morgan fingerprint density at radius 1 is 1.15 bits per heavy atom. The largest absolute Gasteiger partial charge is 0.493 e. The van der Waals surface area contributed by atoms with E-state index >= 15 is 0 Å². The second-order valence-electron chi connectivity index (χ2n) is 6.48. The number of hydrogen-bond donors (Lipinski definition) is 1. The van der Waals surface area contributed by atoms with Gasteiger partial charge >= 0.3 is 12.6 Å². The predicted molar refractivity (Wildman–Crippen MR) is 111 cm³/mol. The smallest absolute Gasteiger partial charge is 0.387 e. The number of halogens is 2. The van der Waals surface area contributed by atoms with Gasteiger partial charge in [0.2, 0.25) is 11.7 Å². The van der Waals surface area contributed by atoms with Crippen molar-refractivity contribution in [3.63, 3.8) is 0 Å². The molecule has 33 heavy (non-hydrogen) atoms. The van der Waals surface area contributed by atoms with Crippen LogP contribution in [0.4, 0.5) is 8.78 Å². The molecule has 0 saturated carbocycles. The number of nitrogens with zero attached hydrogens (tertiary/aromatic N) is 2. The third kappa shape index (κ3) is 6.60. The lowest BCUT2D eigenvalue weighted by molar-refractivity contribution is -0.142. The molecule has 1 heterocycles. The van der Waals surface area contributed by atoms with Crippen LogP contribution >= 0.6 is 0 Å². The number of hydrogen-bond acceptors (Lipinski definition) is 8. The molecule has 0 atom stereocenters. The number of benzene rings is 2. The van der Waals surface area contributed by atoms with Gasteiger partial charge in [-0.1, -0.05) is 35.5 Å². The van der Waals surface area contributed by atoms with E-state index in [-0.39, 0.29) is 35.5 Å². The van der Waals surface area contributed by atoms with Crippen LogP contribution in [0.25, 0.3) is 17.5 Å². The van der Waals surface area contributed by atoms with E-state index < -0.39 is 18.5 Å². The third-order valence-corrected chi connectivity index (χ3v) is 4.07. The molecule has 11 heteroatoms. The molecule has 0 aliphatic carbocycles. The number of carbonyl (C=O) groups excluding carboxylic acids is 2. The Morgan fingerprint density at radius 2 is 1.91 bits per heavy atom. The van der Waals surface area contributed by atoms with Crippen molar-refractivity contribution in [3.05, 3.63) is 65.7 Å². The maximum Gasteiger partial charge on any atom is 0.387 e. The molecule has 0 saturated heterocycles. The zero-order chi connectivity index (χ0) is 23.8. The summed E-state index contributed by atoms with van der Waals surface area (Å²) in [5.41, 5.74) is 1.02. The predicted octanol–water partition coefficient (Wildman–Crippen LogP) is 3.57. The van der Waals surface area contributed by atoms with Crippen molar-refractivity contribution in [2.24, 2.45) is 0 Å². The van der Waals surface area contributed by atoms with Crippen LogP contribution in [0.1, 0.15) is 18.4 Å². The van der Waals surface area contributed by atoms with E-state index in [0.717, 1.165) is 0 Å². The van der Waals surface area contributed by atoms with Crippen LogP contribution in [-0.2, 0) is 20.9 Å². The summed E-state index contributed by atoms with van der Waals surface area (Å²) in [5.74, 6) is -1.25. The average molecular weight is 459 g/mol. The van der Waals surface area contributed by atoms with E-state index in [1.807, 2.05) is 6.07 Å². The number of alkyl halides is 2. The molecular formula is C22H19F2N3O6. The lowest BCUT2D eigenvalue weighted by atomic mass is 10.2. The molecule has 172 valence electrons. The molecule has 1 aromatic heterocycles. The third-order valence-electron chi connectivity index (χ3n) is 4.07. The first-order chi connectivity index (χ1) is 15.9. The lowest BCUT2D eigenvalue weighted by Gasteiger charge is -2.10. The molecule has 0 spiro atoms. The molecule has 0 bridgehead atoms. The number of methoxy groups -OCH3 is 1. The Hall–Kier alpha value is -4.28. The highest BCUT2D eigenvalue weighted by Gasteiger charge is 2.17. The van der Waals surface area contributed by atoms with E-state index in [1.165, 1.54) is 38.3 Å². The molecular weight excluding hydrogens is 440 g/mol. The van der Waals surface area contributed by atoms with E-state index in [9.17, 15) is 18.4 Å². The number of amides is 1. The minimum atomic E-state index is -3.01. The Morgan fingerprint density at radius 3 is 2.58 bits per heavy atom. The summed E-state index contributed by atoms with van der Waals surface area (Å²) in [4.78, 5) is 28.0. The Bertz CT molecular complexity index is 1150. The van der Waals surface area contributed by atoms with E-state index in [4.69, 9.17) is 14.0 Å². The molecule has 1 amide bonds. The van der Waals surface area contributed by atoms with Crippen molar-refractivity contribution < 1.29 is 37.1 Å². The molecule has 0 radical (unpaired) electrons. The first-order valence-electron chi connectivity index (χ1n) is 9.53. The van der Waals surface area contributed by atoms with Gasteiger partial charge in [0.25, 0.3) is 5.89 Å². The van der Waals surface area contributed by atoms with Gasteiger partial charge in [-0.25, -0.2) is 4.79 Å². The topological polar surface area (TPSA) is 113 Å². The summed E-state index contributed by atoms with van der Waals surface area (Å²) in [6.07, 6.45) is 1.47. The van der Waals surface area contributed by atoms with Gasteiger partial charge in [-0.2, -0.15) is 13.8 Å². The molecule has 0 unspecified atom stereocenters. The maximum atomic E-state index is 12.5. The van der Waals surface area contributed by atoms with Crippen LogP contribution in [0.5, 0.6) is 11.5 Å². The number of esters is 1. The molecule has 9 nitrogen and oxygen atoms in total. The van der Waals surface area contributed by atoms with Gasteiger partial charge in [-0.15, -0.1) is 0 Å². The van der Waals surface area contributed by atoms with Crippen LogP contribution < -0.4 is 14.8 Å². The normalized spacial score (nSPS) is 11.2. The molecule has 1 N–H and O–H groups in total. The summed E-state index contributed by atoms with van der Waals surface area (Å²) in [5, 5.41) is 6.21. The minimum absolute atomic E-state index is 0.0212. The molecule has 0 fully saturated rings. The second kappa shape index (κ2) is 10.8. The molecule has 3 aromatic rings. The van der Waals surface area contributed by atoms with Gasteiger partial charge in [0, 0.05) is 12.5 Å².